The first-order valence-electron chi connectivity index (χ1n) is 12.8. The molecule has 41 heavy (non-hydrogen) atoms. The fourth-order valence-corrected chi connectivity index (χ4v) is 5.06. The van der Waals surface area contributed by atoms with Crippen molar-refractivity contribution in [3.05, 3.63) is 85.5 Å². The van der Waals surface area contributed by atoms with E-state index in [1.807, 2.05) is 43.3 Å². The predicted octanol–water partition coefficient (Wildman–Crippen LogP) is 6.95. The summed E-state index contributed by atoms with van der Waals surface area (Å²) in [5, 5.41) is 5.84. The molecule has 210 valence electrons. The number of rotatable bonds is 9. The van der Waals surface area contributed by atoms with Crippen molar-refractivity contribution >= 4 is 65.9 Å². The Morgan fingerprint density at radius 2 is 1.83 bits per heavy atom. The summed E-state index contributed by atoms with van der Waals surface area (Å²) in [6.07, 6.45) is 1.25. The zero-order valence-electron chi connectivity index (χ0n) is 22.4. The third-order valence-electron chi connectivity index (χ3n) is 5.87. The van der Waals surface area contributed by atoms with Crippen LogP contribution >= 0.6 is 31.9 Å². The first-order valence-corrected chi connectivity index (χ1v) is 14.4. The zero-order valence-corrected chi connectivity index (χ0v) is 25.6. The Balaban J connectivity index is 1.59. The highest BCUT2D eigenvalue weighted by molar-refractivity contribution is 9.13. The summed E-state index contributed by atoms with van der Waals surface area (Å²) in [5.41, 5.74) is 1.42. The normalized spacial score (nSPS) is 11.6. The standard InChI is InChI=1S/C30H25Br2N3O6/c1-4-38-23-14-19(26(31)27(32)28(23)39-16-25(36)40-17(2)3)15-33-35-29(24-13-18-9-5-8-12-22(18)41-24)34-21-11-7-6-10-20(21)30(35)37/h5-15,17H,4,16H2,1-3H3. The molecule has 11 heteroatoms. The molecule has 0 spiro atoms. The quantitative estimate of drug-likeness (QED) is 0.122. The van der Waals surface area contributed by atoms with E-state index in [1.54, 1.807) is 38.1 Å². The van der Waals surface area contributed by atoms with Crippen LogP contribution in [-0.4, -0.2) is 41.2 Å². The Kier molecular flexibility index (Phi) is 8.55. The average molecular weight is 683 g/mol. The SMILES string of the molecule is CCOc1cc(C=Nn2c(-c3cc4ccccc4o3)nc3ccccc3c2=O)c(Br)c(Br)c1OCC(=O)OC(C)C. The molecule has 2 heterocycles. The highest BCUT2D eigenvalue weighted by Gasteiger charge is 2.20. The number of halogens is 2. The Bertz CT molecular complexity index is 1810. The Hall–Kier alpha value is -3.96. The van der Waals surface area contributed by atoms with Crippen LogP contribution < -0.4 is 15.0 Å². The van der Waals surface area contributed by atoms with Crippen LogP contribution in [0.1, 0.15) is 26.3 Å². The molecule has 0 bridgehead atoms. The van der Waals surface area contributed by atoms with Crippen molar-refractivity contribution < 1.29 is 23.4 Å². The summed E-state index contributed by atoms with van der Waals surface area (Å²) in [4.78, 5) is 30.4. The molecule has 0 unspecified atom stereocenters. The molecule has 0 radical (unpaired) electrons. The highest BCUT2D eigenvalue weighted by Crippen LogP contribution is 2.42. The topological polar surface area (TPSA) is 105 Å². The van der Waals surface area contributed by atoms with E-state index in [0.717, 1.165) is 5.39 Å². The van der Waals surface area contributed by atoms with Gasteiger partial charge in [0, 0.05) is 15.4 Å². The van der Waals surface area contributed by atoms with Crippen LogP contribution in [0.5, 0.6) is 11.5 Å². The summed E-state index contributed by atoms with van der Waals surface area (Å²) < 4.78 is 25.1. The molecule has 3 aromatic carbocycles. The Labute approximate surface area is 252 Å². The number of esters is 1. The van der Waals surface area contributed by atoms with Gasteiger partial charge in [0.2, 0.25) is 5.82 Å². The van der Waals surface area contributed by atoms with Crippen molar-refractivity contribution in [3.63, 3.8) is 0 Å². The van der Waals surface area contributed by atoms with Crippen LogP contribution in [0.15, 0.2) is 83.9 Å². The van der Waals surface area contributed by atoms with Gasteiger partial charge in [-0.2, -0.15) is 9.78 Å². The van der Waals surface area contributed by atoms with Gasteiger partial charge >= 0.3 is 5.97 Å². The maximum absolute atomic E-state index is 13.6. The van der Waals surface area contributed by atoms with E-state index in [2.05, 4.69) is 37.0 Å². The number of nitrogens with zero attached hydrogens (tertiary/aromatic N) is 3. The third-order valence-corrected chi connectivity index (χ3v) is 8.01. The molecule has 2 aromatic heterocycles. The van der Waals surface area contributed by atoms with Gasteiger partial charge in [0.05, 0.1) is 34.3 Å². The molecule has 0 saturated heterocycles. The van der Waals surface area contributed by atoms with Crippen molar-refractivity contribution in [2.75, 3.05) is 13.2 Å². The van der Waals surface area contributed by atoms with E-state index in [1.165, 1.54) is 10.9 Å². The number of fused-ring (bicyclic) bond motifs is 2. The third kappa shape index (κ3) is 6.06. The van der Waals surface area contributed by atoms with E-state index in [-0.39, 0.29) is 24.1 Å². The van der Waals surface area contributed by atoms with Crippen molar-refractivity contribution in [2.45, 2.75) is 26.9 Å². The summed E-state index contributed by atoms with van der Waals surface area (Å²) in [7, 11) is 0. The largest absolute Gasteiger partial charge is 0.490 e. The van der Waals surface area contributed by atoms with Gasteiger partial charge in [0.1, 0.15) is 5.58 Å². The van der Waals surface area contributed by atoms with Gasteiger partial charge in [-0.3, -0.25) is 4.79 Å². The number of para-hydroxylation sites is 2. The van der Waals surface area contributed by atoms with Gasteiger partial charge in [-0.25, -0.2) is 9.78 Å². The first kappa shape index (κ1) is 28.6. The van der Waals surface area contributed by atoms with Gasteiger partial charge in [-0.05, 0) is 83.0 Å². The molecular formula is C30H25Br2N3O6. The van der Waals surface area contributed by atoms with Crippen molar-refractivity contribution in [1.29, 1.82) is 0 Å². The van der Waals surface area contributed by atoms with Crippen LogP contribution in [0.25, 0.3) is 33.5 Å². The van der Waals surface area contributed by atoms with Crippen molar-refractivity contribution in [1.82, 2.24) is 9.66 Å². The number of benzene rings is 3. The molecule has 5 rings (SSSR count). The van der Waals surface area contributed by atoms with Crippen LogP contribution in [0.4, 0.5) is 0 Å². The van der Waals surface area contributed by atoms with E-state index in [0.29, 0.717) is 54.9 Å². The number of hydrogen-bond donors (Lipinski definition) is 0. The summed E-state index contributed by atoms with van der Waals surface area (Å²) >= 11 is 7.11. The average Bonchev–Trinajstić information content (AvgIpc) is 3.38. The van der Waals surface area contributed by atoms with E-state index < -0.39 is 5.97 Å². The molecule has 0 amide bonds. The van der Waals surface area contributed by atoms with Gasteiger partial charge in [-0.15, -0.1) is 0 Å². The Morgan fingerprint density at radius 1 is 1.07 bits per heavy atom. The molecule has 0 fully saturated rings. The minimum Gasteiger partial charge on any atom is -0.490 e. The van der Waals surface area contributed by atoms with Crippen molar-refractivity contribution in [3.8, 4) is 23.1 Å². The van der Waals surface area contributed by atoms with Crippen molar-refractivity contribution in [2.24, 2.45) is 5.10 Å². The van der Waals surface area contributed by atoms with Crippen LogP contribution in [0.2, 0.25) is 0 Å². The van der Waals surface area contributed by atoms with Gasteiger partial charge in [-0.1, -0.05) is 30.3 Å². The Morgan fingerprint density at radius 3 is 2.59 bits per heavy atom. The van der Waals surface area contributed by atoms with Crippen LogP contribution in [0, 0.1) is 0 Å². The maximum atomic E-state index is 13.6. The second-order valence-electron chi connectivity index (χ2n) is 9.14. The van der Waals surface area contributed by atoms with E-state index in [4.69, 9.17) is 23.6 Å². The number of ether oxygens (including phenoxy) is 3. The zero-order chi connectivity index (χ0) is 29.1. The lowest BCUT2D eigenvalue weighted by molar-refractivity contribution is -0.149. The molecule has 9 nitrogen and oxygen atoms in total. The second-order valence-corrected chi connectivity index (χ2v) is 10.7. The maximum Gasteiger partial charge on any atom is 0.344 e. The number of aromatic nitrogens is 2. The fourth-order valence-electron chi connectivity index (χ4n) is 4.13. The minimum atomic E-state index is -0.502. The minimum absolute atomic E-state index is 0.255. The first-order chi connectivity index (χ1) is 19.8. The molecule has 0 aliphatic heterocycles. The molecule has 0 atom stereocenters. The van der Waals surface area contributed by atoms with Crippen LogP contribution in [0.3, 0.4) is 0 Å². The molecule has 0 saturated carbocycles. The lowest BCUT2D eigenvalue weighted by atomic mass is 10.2. The predicted molar refractivity (Wildman–Crippen MR) is 164 cm³/mol. The number of hydrogen-bond acceptors (Lipinski definition) is 8. The molecule has 0 aliphatic carbocycles. The summed E-state index contributed by atoms with van der Waals surface area (Å²) in [6, 6.07) is 18.2. The summed E-state index contributed by atoms with van der Waals surface area (Å²) in [6.45, 7) is 5.41. The van der Waals surface area contributed by atoms with Gasteiger partial charge < -0.3 is 18.6 Å². The smallest absolute Gasteiger partial charge is 0.344 e. The number of furan rings is 1. The van der Waals surface area contributed by atoms with Gasteiger partial charge in [0.15, 0.2) is 23.9 Å². The second kappa shape index (κ2) is 12.3. The van der Waals surface area contributed by atoms with Crippen LogP contribution in [-0.2, 0) is 9.53 Å². The summed E-state index contributed by atoms with van der Waals surface area (Å²) in [5.74, 6) is 0.854. The molecule has 5 aromatic rings. The number of carbonyl (C=O) groups excluding carboxylic acids is 1. The van der Waals surface area contributed by atoms with Gasteiger partial charge in [0.25, 0.3) is 5.56 Å². The highest BCUT2D eigenvalue weighted by atomic mass is 79.9. The molecule has 0 aliphatic rings. The lowest BCUT2D eigenvalue weighted by Gasteiger charge is -2.16. The van der Waals surface area contributed by atoms with E-state index in [9.17, 15) is 9.59 Å². The lowest BCUT2D eigenvalue weighted by Crippen LogP contribution is -2.20. The number of carbonyl (C=O) groups is 1. The molecule has 0 N–H and O–H groups in total. The van der Waals surface area contributed by atoms with E-state index >= 15 is 0 Å². The monoisotopic (exact) mass is 681 g/mol. The molecular weight excluding hydrogens is 658 g/mol. The fraction of sp³-hybridized carbons (Fsp3) is 0.200.